The van der Waals surface area contributed by atoms with Crippen molar-refractivity contribution in [2.45, 2.75) is 12.3 Å². The Hall–Kier alpha value is -0.540. The van der Waals surface area contributed by atoms with Crippen LogP contribution >= 0.6 is 34.5 Å². The molecule has 0 saturated heterocycles. The molecule has 0 spiro atoms. The zero-order valence-electron chi connectivity index (χ0n) is 10.1. The van der Waals surface area contributed by atoms with Gasteiger partial charge in [0.2, 0.25) is 0 Å². The normalized spacial score (nSPS) is 12.6. The molecular formula is C14H15Cl2NS. The highest BCUT2D eigenvalue weighted by Crippen LogP contribution is 2.30. The summed E-state index contributed by atoms with van der Waals surface area (Å²) in [6.45, 7) is 0.902. The van der Waals surface area contributed by atoms with Crippen LogP contribution in [0.1, 0.15) is 16.4 Å². The Balaban J connectivity index is 2.20. The Morgan fingerprint density at radius 3 is 2.56 bits per heavy atom. The Morgan fingerprint density at radius 1 is 1.17 bits per heavy atom. The van der Waals surface area contributed by atoms with Gasteiger partial charge in [0.1, 0.15) is 0 Å². The maximum Gasteiger partial charge on any atom is 0.0931 e. The minimum absolute atomic E-state index is 0.374. The lowest BCUT2D eigenvalue weighted by Crippen LogP contribution is -2.19. The van der Waals surface area contributed by atoms with Crippen LogP contribution in [-0.2, 0) is 6.42 Å². The van der Waals surface area contributed by atoms with Crippen LogP contribution in [0.5, 0.6) is 0 Å². The molecule has 0 aliphatic rings. The quantitative estimate of drug-likeness (QED) is 0.851. The number of hydrogen-bond donors (Lipinski definition) is 1. The summed E-state index contributed by atoms with van der Waals surface area (Å²) in [5.41, 5.74) is 1.19. The van der Waals surface area contributed by atoms with Crippen molar-refractivity contribution in [1.29, 1.82) is 0 Å². The number of benzene rings is 1. The molecule has 1 heterocycles. The average molecular weight is 300 g/mol. The molecule has 1 N–H and O–H groups in total. The van der Waals surface area contributed by atoms with Crippen molar-refractivity contribution in [3.05, 3.63) is 56.2 Å². The van der Waals surface area contributed by atoms with Crippen LogP contribution in [-0.4, -0.2) is 13.6 Å². The molecule has 0 amide bonds. The predicted octanol–water partition coefficient (Wildman–Crippen LogP) is 4.60. The molecule has 0 saturated carbocycles. The van der Waals surface area contributed by atoms with Gasteiger partial charge in [-0.05, 0) is 37.2 Å². The van der Waals surface area contributed by atoms with Crippen LogP contribution in [0.2, 0.25) is 9.36 Å². The summed E-state index contributed by atoms with van der Waals surface area (Å²) in [5.74, 6) is 0.374. The summed E-state index contributed by atoms with van der Waals surface area (Å²) >= 11 is 13.9. The first-order chi connectivity index (χ1) is 8.70. The number of halogens is 2. The van der Waals surface area contributed by atoms with Gasteiger partial charge in [-0.15, -0.1) is 11.3 Å². The molecule has 1 unspecified atom stereocenters. The third-order valence-electron chi connectivity index (χ3n) is 2.87. The van der Waals surface area contributed by atoms with Crippen molar-refractivity contribution in [3.63, 3.8) is 0 Å². The van der Waals surface area contributed by atoms with Gasteiger partial charge in [-0.25, -0.2) is 0 Å². The molecule has 2 aromatic rings. The second-order valence-electron chi connectivity index (χ2n) is 4.19. The molecule has 96 valence electrons. The van der Waals surface area contributed by atoms with Gasteiger partial charge in [-0.3, -0.25) is 0 Å². The van der Waals surface area contributed by atoms with E-state index < -0.39 is 0 Å². The van der Waals surface area contributed by atoms with Gasteiger partial charge in [0.25, 0.3) is 0 Å². The summed E-state index contributed by atoms with van der Waals surface area (Å²) in [5, 5.41) is 4.07. The number of rotatable bonds is 5. The topological polar surface area (TPSA) is 12.0 Å². The van der Waals surface area contributed by atoms with E-state index >= 15 is 0 Å². The maximum atomic E-state index is 6.28. The molecule has 0 aliphatic heterocycles. The lowest BCUT2D eigenvalue weighted by Gasteiger charge is -2.17. The molecule has 0 bridgehead atoms. The highest BCUT2D eigenvalue weighted by atomic mass is 35.5. The zero-order valence-corrected chi connectivity index (χ0v) is 12.4. The first-order valence-corrected chi connectivity index (χ1v) is 7.41. The standard InChI is InChI=1S/C14H15Cl2NS/c1-17-9-10(8-11-6-7-14(16)18-11)12-4-2-3-5-13(12)15/h2-7,10,17H,8-9H2,1H3. The zero-order chi connectivity index (χ0) is 13.0. The van der Waals surface area contributed by atoms with Crippen molar-refractivity contribution in [2.24, 2.45) is 0 Å². The van der Waals surface area contributed by atoms with E-state index in [0.29, 0.717) is 5.92 Å². The van der Waals surface area contributed by atoms with Crippen LogP contribution in [0.3, 0.4) is 0 Å². The van der Waals surface area contributed by atoms with E-state index in [1.807, 2.05) is 31.3 Å². The highest BCUT2D eigenvalue weighted by molar-refractivity contribution is 7.16. The lowest BCUT2D eigenvalue weighted by atomic mass is 9.95. The molecule has 0 fully saturated rings. The molecule has 0 radical (unpaired) electrons. The average Bonchev–Trinajstić information content (AvgIpc) is 2.75. The maximum absolute atomic E-state index is 6.28. The van der Waals surface area contributed by atoms with E-state index in [-0.39, 0.29) is 0 Å². The van der Waals surface area contributed by atoms with Gasteiger partial charge in [-0.2, -0.15) is 0 Å². The fourth-order valence-electron chi connectivity index (χ4n) is 2.05. The van der Waals surface area contributed by atoms with Crippen molar-refractivity contribution in [3.8, 4) is 0 Å². The van der Waals surface area contributed by atoms with Crippen LogP contribution in [0.15, 0.2) is 36.4 Å². The fraction of sp³-hybridized carbons (Fsp3) is 0.286. The monoisotopic (exact) mass is 299 g/mol. The Labute approximate surface area is 122 Å². The van der Waals surface area contributed by atoms with E-state index in [4.69, 9.17) is 23.2 Å². The molecule has 1 aromatic carbocycles. The van der Waals surface area contributed by atoms with Crippen LogP contribution < -0.4 is 5.32 Å². The van der Waals surface area contributed by atoms with Crippen LogP contribution in [0.25, 0.3) is 0 Å². The Bertz CT molecular complexity index is 510. The summed E-state index contributed by atoms with van der Waals surface area (Å²) < 4.78 is 0.840. The minimum atomic E-state index is 0.374. The Morgan fingerprint density at radius 2 is 1.94 bits per heavy atom. The van der Waals surface area contributed by atoms with Crippen molar-refractivity contribution >= 4 is 34.5 Å². The summed E-state index contributed by atoms with van der Waals surface area (Å²) in [4.78, 5) is 1.29. The van der Waals surface area contributed by atoms with Gasteiger partial charge in [-0.1, -0.05) is 41.4 Å². The molecular weight excluding hydrogens is 285 g/mol. The third-order valence-corrected chi connectivity index (χ3v) is 4.47. The molecule has 0 aliphatic carbocycles. The number of likely N-dealkylation sites (N-methyl/N-ethyl adjacent to an activating group) is 1. The predicted molar refractivity (Wildman–Crippen MR) is 81.2 cm³/mol. The molecule has 1 atom stereocenters. The van der Waals surface area contributed by atoms with Gasteiger partial charge in [0.15, 0.2) is 0 Å². The van der Waals surface area contributed by atoms with Crippen molar-refractivity contribution in [2.75, 3.05) is 13.6 Å². The largest absolute Gasteiger partial charge is 0.319 e. The van der Waals surface area contributed by atoms with Gasteiger partial charge >= 0.3 is 0 Å². The van der Waals surface area contributed by atoms with Crippen molar-refractivity contribution in [1.82, 2.24) is 5.32 Å². The van der Waals surface area contributed by atoms with E-state index in [0.717, 1.165) is 22.3 Å². The van der Waals surface area contributed by atoms with Gasteiger partial charge in [0, 0.05) is 22.4 Å². The summed E-state index contributed by atoms with van der Waals surface area (Å²) in [6.07, 6.45) is 0.960. The van der Waals surface area contributed by atoms with E-state index in [9.17, 15) is 0 Å². The fourth-order valence-corrected chi connectivity index (χ4v) is 3.51. The second-order valence-corrected chi connectivity index (χ2v) is 6.39. The molecule has 1 aromatic heterocycles. The lowest BCUT2D eigenvalue weighted by molar-refractivity contribution is 0.630. The Kier molecular flexibility index (Phi) is 5.07. The van der Waals surface area contributed by atoms with Crippen LogP contribution in [0, 0.1) is 0 Å². The van der Waals surface area contributed by atoms with Crippen molar-refractivity contribution < 1.29 is 0 Å². The minimum Gasteiger partial charge on any atom is -0.319 e. The van der Waals surface area contributed by atoms with Gasteiger partial charge < -0.3 is 5.32 Å². The first-order valence-electron chi connectivity index (χ1n) is 5.84. The molecule has 1 nitrogen and oxygen atoms in total. The first kappa shape index (κ1) is 13.9. The smallest absolute Gasteiger partial charge is 0.0931 e. The van der Waals surface area contributed by atoms with E-state index in [1.165, 1.54) is 10.4 Å². The SMILES string of the molecule is CNCC(Cc1ccc(Cl)s1)c1ccccc1Cl. The number of nitrogens with one attached hydrogen (secondary N) is 1. The molecule has 2 rings (SSSR count). The second kappa shape index (κ2) is 6.58. The summed E-state index contributed by atoms with van der Waals surface area (Å²) in [7, 11) is 1.96. The molecule has 4 heteroatoms. The van der Waals surface area contributed by atoms with E-state index in [2.05, 4.69) is 17.4 Å². The van der Waals surface area contributed by atoms with Crippen LogP contribution in [0.4, 0.5) is 0 Å². The molecule has 18 heavy (non-hydrogen) atoms. The highest BCUT2D eigenvalue weighted by Gasteiger charge is 2.15. The summed E-state index contributed by atoms with van der Waals surface area (Å²) in [6, 6.07) is 12.1. The number of thiophene rings is 1. The van der Waals surface area contributed by atoms with Gasteiger partial charge in [0.05, 0.1) is 4.34 Å². The third kappa shape index (κ3) is 3.48. The number of hydrogen-bond acceptors (Lipinski definition) is 2. The van der Waals surface area contributed by atoms with E-state index in [1.54, 1.807) is 11.3 Å².